The highest BCUT2D eigenvalue weighted by Gasteiger charge is 2.38. The largest absolute Gasteiger partial charge is 0.368 e. The van der Waals surface area contributed by atoms with E-state index in [1.165, 1.54) is 16.0 Å². The van der Waals surface area contributed by atoms with Crippen molar-refractivity contribution in [1.29, 1.82) is 0 Å². The number of carbonyl (C=O) groups excluding carboxylic acids is 1. The summed E-state index contributed by atoms with van der Waals surface area (Å²) in [5.41, 5.74) is 8.41. The summed E-state index contributed by atoms with van der Waals surface area (Å²) in [5, 5.41) is 4.62. The molecule has 4 rings (SSSR count). The Morgan fingerprint density at radius 1 is 1.07 bits per heavy atom. The number of hydrogen-bond donors (Lipinski definition) is 1. The third kappa shape index (κ3) is 2.44. The van der Waals surface area contributed by atoms with Gasteiger partial charge >= 0.3 is 0 Å². The van der Waals surface area contributed by atoms with Crippen molar-refractivity contribution in [1.82, 2.24) is 9.78 Å². The van der Waals surface area contributed by atoms with Crippen LogP contribution in [-0.2, 0) is 14.8 Å². The zero-order valence-electron chi connectivity index (χ0n) is 14.8. The summed E-state index contributed by atoms with van der Waals surface area (Å²) in [7, 11) is -2.20. The van der Waals surface area contributed by atoms with E-state index in [4.69, 9.17) is 5.73 Å². The summed E-state index contributed by atoms with van der Waals surface area (Å²) < 4.78 is 28.5. The van der Waals surface area contributed by atoms with Crippen LogP contribution in [0.25, 0.3) is 11.3 Å². The van der Waals surface area contributed by atoms with Gasteiger partial charge in [-0.2, -0.15) is 5.10 Å². The molecule has 2 aromatic carbocycles. The molecular weight excluding hydrogens is 364 g/mol. The van der Waals surface area contributed by atoms with Gasteiger partial charge in [0.05, 0.1) is 10.6 Å². The van der Waals surface area contributed by atoms with Crippen LogP contribution < -0.4 is 10.0 Å². The predicted octanol–water partition coefficient (Wildman–Crippen LogP) is 2.07. The van der Waals surface area contributed by atoms with Crippen molar-refractivity contribution < 1.29 is 13.2 Å². The number of fused-ring (bicyclic) bond motifs is 3. The number of anilines is 1. The molecule has 1 aliphatic heterocycles. The van der Waals surface area contributed by atoms with E-state index in [2.05, 4.69) is 5.10 Å². The Balaban J connectivity index is 2.00. The Kier molecular flexibility index (Phi) is 3.81. The van der Waals surface area contributed by atoms with E-state index in [-0.39, 0.29) is 4.90 Å². The molecule has 2 heterocycles. The summed E-state index contributed by atoms with van der Waals surface area (Å²) in [5.74, 6) is -0.567. The molecule has 3 aromatic rings. The fraction of sp³-hybridized carbons (Fsp3) is 0.158. The average molecular weight is 382 g/mol. The Hall–Kier alpha value is -3.13. The van der Waals surface area contributed by atoms with Gasteiger partial charge in [0.25, 0.3) is 10.0 Å². The third-order valence-electron chi connectivity index (χ3n) is 4.84. The number of primary amides is 1. The minimum absolute atomic E-state index is 0.194. The second kappa shape index (κ2) is 5.95. The van der Waals surface area contributed by atoms with Crippen LogP contribution in [0.2, 0.25) is 0 Å². The molecule has 1 amide bonds. The van der Waals surface area contributed by atoms with Crippen LogP contribution in [-0.4, -0.2) is 31.2 Å². The number of benzene rings is 2. The first-order valence-corrected chi connectivity index (χ1v) is 9.79. The molecular formula is C19H18N4O3S. The lowest BCUT2D eigenvalue weighted by atomic mass is 10.1. The fourth-order valence-corrected chi connectivity index (χ4v) is 4.98. The van der Waals surface area contributed by atoms with Crippen LogP contribution in [0.4, 0.5) is 5.69 Å². The first-order chi connectivity index (χ1) is 12.8. The van der Waals surface area contributed by atoms with E-state index < -0.39 is 22.0 Å². The molecule has 0 saturated heterocycles. The summed E-state index contributed by atoms with van der Waals surface area (Å²) in [6.45, 7) is 1.74. The van der Waals surface area contributed by atoms with Gasteiger partial charge in [0.1, 0.15) is 11.4 Å². The molecule has 138 valence electrons. The maximum Gasteiger partial charge on any atom is 0.264 e. The van der Waals surface area contributed by atoms with Crippen molar-refractivity contribution in [3.8, 4) is 11.3 Å². The number of aromatic nitrogens is 2. The van der Waals surface area contributed by atoms with Crippen LogP contribution in [0.15, 0.2) is 59.5 Å². The van der Waals surface area contributed by atoms with Gasteiger partial charge in [-0.1, -0.05) is 48.5 Å². The molecule has 0 aliphatic carbocycles. The van der Waals surface area contributed by atoms with Crippen LogP contribution >= 0.6 is 0 Å². The van der Waals surface area contributed by atoms with Crippen molar-refractivity contribution in [3.63, 3.8) is 0 Å². The molecule has 0 radical (unpaired) electrons. The summed E-state index contributed by atoms with van der Waals surface area (Å²) in [4.78, 5) is 12.4. The number of sulfonamides is 1. The average Bonchev–Trinajstić information content (AvgIpc) is 2.98. The minimum Gasteiger partial charge on any atom is -0.368 e. The van der Waals surface area contributed by atoms with Crippen LogP contribution in [0.1, 0.15) is 17.3 Å². The number of nitrogens with two attached hydrogens (primary N) is 1. The van der Waals surface area contributed by atoms with E-state index in [9.17, 15) is 13.2 Å². The van der Waals surface area contributed by atoms with Gasteiger partial charge in [0.15, 0.2) is 6.04 Å². The molecule has 1 aliphatic rings. The number of amides is 1. The number of carbonyl (C=O) groups is 1. The number of rotatable bonds is 3. The Bertz CT molecular complexity index is 1150. The fourth-order valence-electron chi connectivity index (χ4n) is 3.54. The molecule has 0 bridgehead atoms. The molecule has 1 unspecified atom stereocenters. The monoisotopic (exact) mass is 382 g/mol. The number of hydrogen-bond acceptors (Lipinski definition) is 4. The van der Waals surface area contributed by atoms with Crippen LogP contribution in [0.3, 0.4) is 0 Å². The lowest BCUT2D eigenvalue weighted by molar-refractivity contribution is -0.120. The Labute approximate surface area is 157 Å². The molecule has 0 fully saturated rings. The van der Waals surface area contributed by atoms with Crippen LogP contribution in [0.5, 0.6) is 0 Å². The molecule has 0 saturated carbocycles. The molecule has 1 aromatic heterocycles. The van der Waals surface area contributed by atoms with Crippen molar-refractivity contribution in [3.05, 3.63) is 65.9 Å². The molecule has 0 spiro atoms. The van der Waals surface area contributed by atoms with Gasteiger partial charge < -0.3 is 5.73 Å². The molecule has 2 N–H and O–H groups in total. The van der Waals surface area contributed by atoms with Gasteiger partial charge in [-0.05, 0) is 18.6 Å². The molecule has 1 atom stereocenters. The maximum absolute atomic E-state index is 12.9. The van der Waals surface area contributed by atoms with Crippen molar-refractivity contribution in [2.45, 2.75) is 17.9 Å². The van der Waals surface area contributed by atoms with E-state index in [1.54, 1.807) is 43.3 Å². The van der Waals surface area contributed by atoms with Crippen LogP contribution in [0, 0.1) is 6.92 Å². The number of nitrogens with zero attached hydrogens (tertiary/aromatic N) is 3. The third-order valence-corrected chi connectivity index (χ3v) is 6.66. The normalized spacial score (nSPS) is 15.7. The highest BCUT2D eigenvalue weighted by molar-refractivity contribution is 7.93. The van der Waals surface area contributed by atoms with E-state index >= 15 is 0 Å². The smallest absolute Gasteiger partial charge is 0.264 e. The Morgan fingerprint density at radius 3 is 2.37 bits per heavy atom. The van der Waals surface area contributed by atoms with Gasteiger partial charge in [0, 0.05) is 12.6 Å². The topological polar surface area (TPSA) is 98.3 Å². The maximum atomic E-state index is 12.9. The van der Waals surface area contributed by atoms with E-state index in [0.29, 0.717) is 28.2 Å². The second-order valence-corrected chi connectivity index (χ2v) is 8.35. The zero-order valence-corrected chi connectivity index (χ0v) is 15.6. The first-order valence-electron chi connectivity index (χ1n) is 8.35. The molecule has 27 heavy (non-hydrogen) atoms. The van der Waals surface area contributed by atoms with Crippen molar-refractivity contribution in [2.75, 3.05) is 11.4 Å². The van der Waals surface area contributed by atoms with E-state index in [0.717, 1.165) is 0 Å². The van der Waals surface area contributed by atoms with Gasteiger partial charge in [-0.3, -0.25) is 13.8 Å². The lowest BCUT2D eigenvalue weighted by Gasteiger charge is -2.26. The van der Waals surface area contributed by atoms with E-state index in [1.807, 2.05) is 18.2 Å². The highest BCUT2D eigenvalue weighted by Crippen LogP contribution is 2.44. The first kappa shape index (κ1) is 17.3. The lowest BCUT2D eigenvalue weighted by Crippen LogP contribution is -2.31. The quantitative estimate of drug-likeness (QED) is 0.750. The molecule has 8 heteroatoms. The SMILES string of the molecule is Cc1c2c(nn1C(C(N)=O)c1ccccc1)-c1ccccc1S(=O)(=O)N2C. The second-order valence-electron chi connectivity index (χ2n) is 6.41. The van der Waals surface area contributed by atoms with Crippen molar-refractivity contribution >= 4 is 21.6 Å². The Morgan fingerprint density at radius 2 is 1.70 bits per heavy atom. The van der Waals surface area contributed by atoms with Gasteiger partial charge in [0.2, 0.25) is 5.91 Å². The molecule has 7 nitrogen and oxygen atoms in total. The predicted molar refractivity (Wildman–Crippen MR) is 102 cm³/mol. The summed E-state index contributed by atoms with van der Waals surface area (Å²) in [6, 6.07) is 15.0. The van der Waals surface area contributed by atoms with Crippen molar-refractivity contribution in [2.24, 2.45) is 5.73 Å². The highest BCUT2D eigenvalue weighted by atomic mass is 32.2. The summed E-state index contributed by atoms with van der Waals surface area (Å²) in [6.07, 6.45) is 0. The van der Waals surface area contributed by atoms with Gasteiger partial charge in [-0.25, -0.2) is 8.42 Å². The standard InChI is InChI=1S/C19H18N4O3S/c1-12-17-16(14-10-6-7-11-15(14)27(25,26)22(17)2)21-23(12)18(19(20)24)13-8-4-3-5-9-13/h3-11,18H,1-2H3,(H2,20,24). The summed E-state index contributed by atoms with van der Waals surface area (Å²) >= 11 is 0. The minimum atomic E-state index is -3.69. The van der Waals surface area contributed by atoms with Gasteiger partial charge in [-0.15, -0.1) is 0 Å². The zero-order chi connectivity index (χ0) is 19.3.